The molecule has 0 saturated carbocycles. The summed E-state index contributed by atoms with van der Waals surface area (Å²) < 4.78 is 0. The van der Waals surface area contributed by atoms with E-state index in [4.69, 9.17) is 0 Å². The summed E-state index contributed by atoms with van der Waals surface area (Å²) in [7, 11) is 1.68. The molecule has 1 saturated heterocycles. The fourth-order valence-electron chi connectivity index (χ4n) is 2.75. The van der Waals surface area contributed by atoms with Gasteiger partial charge in [-0.15, -0.1) is 0 Å². The van der Waals surface area contributed by atoms with E-state index in [-0.39, 0.29) is 11.9 Å². The fourth-order valence-corrected chi connectivity index (χ4v) is 2.75. The van der Waals surface area contributed by atoms with Gasteiger partial charge >= 0.3 is 0 Å². The predicted octanol–water partition coefficient (Wildman–Crippen LogP) is 1.03. The number of hydrogen-bond donors (Lipinski definition) is 2. The van der Waals surface area contributed by atoms with Crippen molar-refractivity contribution in [2.45, 2.75) is 31.8 Å². The third-order valence-corrected chi connectivity index (χ3v) is 3.96. The Hall–Kier alpha value is -1.39. The van der Waals surface area contributed by atoms with Crippen molar-refractivity contribution in [1.29, 1.82) is 0 Å². The minimum absolute atomic E-state index is 0.0627. The summed E-state index contributed by atoms with van der Waals surface area (Å²) in [5.41, 5.74) is 1.39. The molecule has 1 aliphatic heterocycles. The Kier molecular flexibility index (Phi) is 5.56. The number of carbonyl (C=O) groups excluding carboxylic acids is 1. The van der Waals surface area contributed by atoms with Crippen molar-refractivity contribution in [1.82, 2.24) is 15.5 Å². The molecule has 20 heavy (non-hydrogen) atoms. The van der Waals surface area contributed by atoms with Crippen molar-refractivity contribution >= 4 is 5.91 Å². The summed E-state index contributed by atoms with van der Waals surface area (Å²) in [5.74, 6) is 0.0627. The number of likely N-dealkylation sites (tertiary alicyclic amines) is 1. The Morgan fingerprint density at radius 1 is 1.40 bits per heavy atom. The number of hydrogen-bond acceptors (Lipinski definition) is 3. The third-order valence-electron chi connectivity index (χ3n) is 3.96. The van der Waals surface area contributed by atoms with E-state index in [2.05, 4.69) is 45.9 Å². The molecule has 0 aliphatic carbocycles. The van der Waals surface area contributed by atoms with E-state index < -0.39 is 0 Å². The van der Waals surface area contributed by atoms with E-state index in [0.29, 0.717) is 6.04 Å². The number of amides is 1. The van der Waals surface area contributed by atoms with Crippen LogP contribution in [0.2, 0.25) is 0 Å². The minimum atomic E-state index is -0.112. The van der Waals surface area contributed by atoms with E-state index in [0.717, 1.165) is 32.5 Å². The van der Waals surface area contributed by atoms with Gasteiger partial charge in [0.2, 0.25) is 5.91 Å². The monoisotopic (exact) mass is 275 g/mol. The Morgan fingerprint density at radius 3 is 2.85 bits per heavy atom. The lowest BCUT2D eigenvalue weighted by atomic mass is 10.1. The first-order valence-electron chi connectivity index (χ1n) is 7.43. The number of carbonyl (C=O) groups is 1. The van der Waals surface area contributed by atoms with Crippen LogP contribution in [0.4, 0.5) is 0 Å². The van der Waals surface area contributed by atoms with Crippen LogP contribution < -0.4 is 10.6 Å². The number of rotatable bonds is 6. The van der Waals surface area contributed by atoms with E-state index in [1.165, 1.54) is 5.56 Å². The molecule has 2 rings (SSSR count). The largest absolute Gasteiger partial charge is 0.358 e. The zero-order valence-electron chi connectivity index (χ0n) is 12.4. The number of nitrogens with one attached hydrogen (secondary N) is 2. The third kappa shape index (κ3) is 4.32. The van der Waals surface area contributed by atoms with Crippen LogP contribution in [-0.4, -0.2) is 49.6 Å². The SMILES string of the molecule is CNC(=O)C(C)NC1CCN(CCc2ccccc2)C1. The molecule has 0 radical (unpaired) electrons. The van der Waals surface area contributed by atoms with Gasteiger partial charge in [-0.1, -0.05) is 30.3 Å². The first-order valence-corrected chi connectivity index (χ1v) is 7.43. The molecule has 4 nitrogen and oxygen atoms in total. The Bertz CT molecular complexity index is 421. The van der Waals surface area contributed by atoms with Crippen LogP contribution in [0.3, 0.4) is 0 Å². The van der Waals surface area contributed by atoms with Gasteiger partial charge in [0.05, 0.1) is 6.04 Å². The van der Waals surface area contributed by atoms with E-state index in [1.807, 2.05) is 6.92 Å². The molecule has 2 atom stereocenters. The molecule has 1 amide bonds. The van der Waals surface area contributed by atoms with Crippen LogP contribution in [-0.2, 0) is 11.2 Å². The van der Waals surface area contributed by atoms with Gasteiger partial charge < -0.3 is 15.5 Å². The molecule has 4 heteroatoms. The van der Waals surface area contributed by atoms with E-state index >= 15 is 0 Å². The maximum Gasteiger partial charge on any atom is 0.236 e. The highest BCUT2D eigenvalue weighted by Gasteiger charge is 2.24. The van der Waals surface area contributed by atoms with Crippen LogP contribution in [0.15, 0.2) is 30.3 Å². The highest BCUT2D eigenvalue weighted by molar-refractivity contribution is 5.80. The lowest BCUT2D eigenvalue weighted by Crippen LogP contribution is -2.46. The Labute approximate surface area is 121 Å². The topological polar surface area (TPSA) is 44.4 Å². The average Bonchev–Trinajstić information content (AvgIpc) is 2.92. The van der Waals surface area contributed by atoms with Crippen molar-refractivity contribution in [3.63, 3.8) is 0 Å². The van der Waals surface area contributed by atoms with Crippen LogP contribution in [0.25, 0.3) is 0 Å². The quantitative estimate of drug-likeness (QED) is 0.815. The minimum Gasteiger partial charge on any atom is -0.358 e. The second-order valence-electron chi connectivity index (χ2n) is 5.52. The van der Waals surface area contributed by atoms with E-state index in [1.54, 1.807) is 7.05 Å². The van der Waals surface area contributed by atoms with Crippen LogP contribution >= 0.6 is 0 Å². The normalized spacial score (nSPS) is 20.8. The van der Waals surface area contributed by atoms with Gasteiger partial charge in [-0.25, -0.2) is 0 Å². The molecule has 0 aromatic heterocycles. The van der Waals surface area contributed by atoms with Gasteiger partial charge in [0.1, 0.15) is 0 Å². The summed E-state index contributed by atoms with van der Waals surface area (Å²) in [4.78, 5) is 14.0. The average molecular weight is 275 g/mol. The first kappa shape index (κ1) is 15.0. The number of benzene rings is 1. The highest BCUT2D eigenvalue weighted by Crippen LogP contribution is 2.11. The van der Waals surface area contributed by atoms with Crippen LogP contribution in [0.5, 0.6) is 0 Å². The van der Waals surface area contributed by atoms with Crippen LogP contribution in [0, 0.1) is 0 Å². The van der Waals surface area contributed by atoms with Crippen molar-refractivity contribution in [2.24, 2.45) is 0 Å². The first-order chi connectivity index (χ1) is 9.69. The summed E-state index contributed by atoms with van der Waals surface area (Å²) in [5, 5.41) is 6.09. The molecule has 1 aliphatic rings. The predicted molar refractivity (Wildman–Crippen MR) is 81.7 cm³/mol. The Morgan fingerprint density at radius 2 is 2.15 bits per heavy atom. The standard InChI is InChI=1S/C16H25N3O/c1-13(16(20)17-2)18-15-9-11-19(12-15)10-8-14-6-4-3-5-7-14/h3-7,13,15,18H,8-12H2,1-2H3,(H,17,20). The van der Waals surface area contributed by atoms with Crippen molar-refractivity contribution < 1.29 is 4.79 Å². The maximum absolute atomic E-state index is 11.5. The van der Waals surface area contributed by atoms with Gasteiger partial charge in [-0.2, -0.15) is 0 Å². The summed E-state index contributed by atoms with van der Waals surface area (Å²) >= 11 is 0. The van der Waals surface area contributed by atoms with Gasteiger partial charge in [0, 0.05) is 26.2 Å². The fraction of sp³-hybridized carbons (Fsp3) is 0.562. The second-order valence-corrected chi connectivity index (χ2v) is 5.52. The van der Waals surface area contributed by atoms with Gasteiger partial charge in [0.25, 0.3) is 0 Å². The highest BCUT2D eigenvalue weighted by atomic mass is 16.2. The van der Waals surface area contributed by atoms with E-state index in [9.17, 15) is 4.79 Å². The van der Waals surface area contributed by atoms with Crippen LogP contribution in [0.1, 0.15) is 18.9 Å². The Balaban J connectivity index is 1.71. The maximum atomic E-state index is 11.5. The molecule has 2 N–H and O–H groups in total. The number of nitrogens with zero attached hydrogens (tertiary/aromatic N) is 1. The summed E-state index contributed by atoms with van der Waals surface area (Å²) in [6.45, 7) is 5.17. The molecule has 0 bridgehead atoms. The molecular weight excluding hydrogens is 250 g/mol. The lowest BCUT2D eigenvalue weighted by Gasteiger charge is -2.19. The summed E-state index contributed by atoms with van der Waals surface area (Å²) in [6, 6.07) is 10.9. The molecule has 1 fully saturated rings. The zero-order valence-corrected chi connectivity index (χ0v) is 12.4. The van der Waals surface area contributed by atoms with Crippen molar-refractivity contribution in [3.8, 4) is 0 Å². The van der Waals surface area contributed by atoms with Gasteiger partial charge in [0.15, 0.2) is 0 Å². The van der Waals surface area contributed by atoms with Gasteiger partial charge in [-0.3, -0.25) is 4.79 Å². The van der Waals surface area contributed by atoms with Crippen molar-refractivity contribution in [2.75, 3.05) is 26.7 Å². The second kappa shape index (κ2) is 7.41. The molecule has 0 spiro atoms. The molecule has 2 unspecified atom stereocenters. The van der Waals surface area contributed by atoms with Crippen molar-refractivity contribution in [3.05, 3.63) is 35.9 Å². The molecule has 1 heterocycles. The number of likely N-dealkylation sites (N-methyl/N-ethyl adjacent to an activating group) is 1. The molecule has 1 aromatic rings. The zero-order chi connectivity index (χ0) is 14.4. The lowest BCUT2D eigenvalue weighted by molar-refractivity contribution is -0.122. The molecule has 1 aromatic carbocycles. The smallest absolute Gasteiger partial charge is 0.236 e. The van der Waals surface area contributed by atoms with Gasteiger partial charge in [-0.05, 0) is 31.9 Å². The molecular formula is C16H25N3O. The summed E-state index contributed by atoms with van der Waals surface area (Å²) in [6.07, 6.45) is 2.22. The molecule has 110 valence electrons.